The summed E-state index contributed by atoms with van der Waals surface area (Å²) in [6.45, 7) is 5.26. The van der Waals surface area contributed by atoms with Crippen LogP contribution in [-0.2, 0) is 4.79 Å². The second-order valence-corrected chi connectivity index (χ2v) is 4.29. The molecule has 1 aromatic rings. The van der Waals surface area contributed by atoms with Crippen LogP contribution in [0.15, 0.2) is 24.3 Å². The standard InChI is InChI=1S/C15H19F2NO/c1-3-10-18(11-4-2)15(19)9-8-12-13(16)6-5-7-14(12)17/h5-9H,3-4,10-11H2,1-2H3/b9-8+. The molecule has 0 aliphatic carbocycles. The second-order valence-electron chi connectivity index (χ2n) is 4.29. The lowest BCUT2D eigenvalue weighted by atomic mass is 10.2. The Hall–Kier alpha value is -1.71. The zero-order valence-electron chi connectivity index (χ0n) is 11.3. The maximum absolute atomic E-state index is 13.4. The zero-order valence-corrected chi connectivity index (χ0v) is 11.3. The van der Waals surface area contributed by atoms with Gasteiger partial charge in [-0.15, -0.1) is 0 Å². The Kier molecular flexibility index (Phi) is 6.19. The molecule has 0 fully saturated rings. The first-order valence-corrected chi connectivity index (χ1v) is 6.51. The number of benzene rings is 1. The molecule has 1 amide bonds. The molecule has 0 heterocycles. The molecule has 104 valence electrons. The molecule has 0 N–H and O–H groups in total. The van der Waals surface area contributed by atoms with Crippen molar-refractivity contribution in [3.05, 3.63) is 41.5 Å². The van der Waals surface area contributed by atoms with Gasteiger partial charge in [0, 0.05) is 24.7 Å². The van der Waals surface area contributed by atoms with E-state index in [-0.39, 0.29) is 11.5 Å². The monoisotopic (exact) mass is 267 g/mol. The van der Waals surface area contributed by atoms with Crippen molar-refractivity contribution in [2.75, 3.05) is 13.1 Å². The lowest BCUT2D eigenvalue weighted by molar-refractivity contribution is -0.126. The van der Waals surface area contributed by atoms with Crippen molar-refractivity contribution in [1.29, 1.82) is 0 Å². The number of carbonyl (C=O) groups excluding carboxylic acids is 1. The number of hydrogen-bond donors (Lipinski definition) is 0. The molecule has 0 spiro atoms. The summed E-state index contributed by atoms with van der Waals surface area (Å²) < 4.78 is 26.8. The van der Waals surface area contributed by atoms with E-state index in [2.05, 4.69) is 0 Å². The normalized spacial score (nSPS) is 10.9. The first-order chi connectivity index (χ1) is 9.10. The number of rotatable bonds is 6. The van der Waals surface area contributed by atoms with Crippen LogP contribution in [0, 0.1) is 11.6 Å². The third kappa shape index (κ3) is 4.47. The van der Waals surface area contributed by atoms with Gasteiger partial charge in [-0.1, -0.05) is 19.9 Å². The molecule has 1 aromatic carbocycles. The summed E-state index contributed by atoms with van der Waals surface area (Å²) >= 11 is 0. The minimum atomic E-state index is -0.665. The third-order valence-electron chi connectivity index (χ3n) is 2.69. The van der Waals surface area contributed by atoms with E-state index in [1.807, 2.05) is 13.8 Å². The van der Waals surface area contributed by atoms with Gasteiger partial charge >= 0.3 is 0 Å². The molecular weight excluding hydrogens is 248 g/mol. The van der Waals surface area contributed by atoms with Gasteiger partial charge in [-0.2, -0.15) is 0 Å². The maximum Gasteiger partial charge on any atom is 0.246 e. The first kappa shape index (κ1) is 15.3. The predicted octanol–water partition coefficient (Wildman–Crippen LogP) is 3.63. The Morgan fingerprint density at radius 3 is 2.16 bits per heavy atom. The molecule has 2 nitrogen and oxygen atoms in total. The van der Waals surface area contributed by atoms with E-state index in [1.54, 1.807) is 4.90 Å². The molecule has 0 aromatic heterocycles. The molecule has 0 unspecified atom stereocenters. The number of hydrogen-bond acceptors (Lipinski definition) is 1. The lowest BCUT2D eigenvalue weighted by Gasteiger charge is -2.19. The maximum atomic E-state index is 13.4. The van der Waals surface area contributed by atoms with E-state index in [0.29, 0.717) is 13.1 Å². The van der Waals surface area contributed by atoms with Gasteiger partial charge in [-0.05, 0) is 31.1 Å². The minimum absolute atomic E-state index is 0.177. The Labute approximate surface area is 112 Å². The summed E-state index contributed by atoms with van der Waals surface area (Å²) in [5.74, 6) is -1.55. The van der Waals surface area contributed by atoms with Crippen LogP contribution < -0.4 is 0 Å². The van der Waals surface area contributed by atoms with Crippen molar-refractivity contribution in [3.8, 4) is 0 Å². The van der Waals surface area contributed by atoms with Crippen molar-refractivity contribution < 1.29 is 13.6 Å². The smallest absolute Gasteiger partial charge is 0.246 e. The highest BCUT2D eigenvalue weighted by atomic mass is 19.1. The van der Waals surface area contributed by atoms with E-state index in [4.69, 9.17) is 0 Å². The van der Waals surface area contributed by atoms with Crippen molar-refractivity contribution in [2.45, 2.75) is 26.7 Å². The summed E-state index contributed by atoms with van der Waals surface area (Å²) in [5, 5.41) is 0. The predicted molar refractivity (Wildman–Crippen MR) is 72.6 cm³/mol. The van der Waals surface area contributed by atoms with Gasteiger partial charge in [0.05, 0.1) is 0 Å². The molecule has 1 rings (SSSR count). The molecule has 0 saturated carbocycles. The van der Waals surface area contributed by atoms with Gasteiger partial charge in [-0.25, -0.2) is 8.78 Å². The van der Waals surface area contributed by atoms with Crippen molar-refractivity contribution in [2.24, 2.45) is 0 Å². The number of halogens is 2. The van der Waals surface area contributed by atoms with E-state index in [0.717, 1.165) is 12.8 Å². The van der Waals surface area contributed by atoms with Gasteiger partial charge in [-0.3, -0.25) is 4.79 Å². The van der Waals surface area contributed by atoms with Gasteiger partial charge in [0.2, 0.25) is 5.91 Å². The fourth-order valence-corrected chi connectivity index (χ4v) is 1.80. The fraction of sp³-hybridized carbons (Fsp3) is 0.400. The molecule has 0 radical (unpaired) electrons. The molecule has 19 heavy (non-hydrogen) atoms. The largest absolute Gasteiger partial charge is 0.339 e. The number of carbonyl (C=O) groups is 1. The van der Waals surface area contributed by atoms with Gasteiger partial charge in [0.25, 0.3) is 0 Å². The molecule has 0 bridgehead atoms. The minimum Gasteiger partial charge on any atom is -0.339 e. The molecular formula is C15H19F2NO. The molecule has 0 atom stereocenters. The summed E-state index contributed by atoms with van der Waals surface area (Å²) in [4.78, 5) is 13.6. The summed E-state index contributed by atoms with van der Waals surface area (Å²) in [7, 11) is 0. The molecule has 0 aliphatic rings. The summed E-state index contributed by atoms with van der Waals surface area (Å²) in [6, 6.07) is 3.64. The van der Waals surface area contributed by atoms with Crippen LogP contribution in [0.3, 0.4) is 0 Å². The fourth-order valence-electron chi connectivity index (χ4n) is 1.80. The highest BCUT2D eigenvalue weighted by molar-refractivity contribution is 5.91. The van der Waals surface area contributed by atoms with Crippen LogP contribution in [-0.4, -0.2) is 23.9 Å². The van der Waals surface area contributed by atoms with Gasteiger partial charge in [0.1, 0.15) is 11.6 Å². The zero-order chi connectivity index (χ0) is 14.3. The van der Waals surface area contributed by atoms with E-state index in [9.17, 15) is 13.6 Å². The van der Waals surface area contributed by atoms with Crippen LogP contribution in [0.1, 0.15) is 32.3 Å². The van der Waals surface area contributed by atoms with Crippen molar-refractivity contribution in [1.82, 2.24) is 4.90 Å². The third-order valence-corrected chi connectivity index (χ3v) is 2.69. The van der Waals surface area contributed by atoms with Gasteiger partial charge < -0.3 is 4.90 Å². The summed E-state index contributed by atoms with van der Waals surface area (Å²) in [5.41, 5.74) is -0.177. The van der Waals surface area contributed by atoms with E-state index < -0.39 is 11.6 Å². The highest BCUT2D eigenvalue weighted by Crippen LogP contribution is 2.13. The van der Waals surface area contributed by atoms with Crippen LogP contribution in [0.25, 0.3) is 6.08 Å². The Morgan fingerprint density at radius 1 is 1.16 bits per heavy atom. The molecule has 0 aliphatic heterocycles. The SMILES string of the molecule is CCCN(CCC)C(=O)/C=C/c1c(F)cccc1F. The highest BCUT2D eigenvalue weighted by Gasteiger charge is 2.09. The second kappa shape index (κ2) is 7.67. The van der Waals surface area contributed by atoms with Crippen LogP contribution >= 0.6 is 0 Å². The van der Waals surface area contributed by atoms with Gasteiger partial charge in [0.15, 0.2) is 0 Å². The van der Waals surface area contributed by atoms with Crippen molar-refractivity contribution >= 4 is 12.0 Å². The Bertz CT molecular complexity index is 431. The topological polar surface area (TPSA) is 20.3 Å². The quantitative estimate of drug-likeness (QED) is 0.721. The number of nitrogens with zero attached hydrogens (tertiary/aromatic N) is 1. The van der Waals surface area contributed by atoms with E-state index >= 15 is 0 Å². The molecule has 4 heteroatoms. The van der Waals surface area contributed by atoms with Crippen LogP contribution in [0.2, 0.25) is 0 Å². The van der Waals surface area contributed by atoms with Crippen LogP contribution in [0.5, 0.6) is 0 Å². The number of amides is 1. The van der Waals surface area contributed by atoms with Crippen molar-refractivity contribution in [3.63, 3.8) is 0 Å². The first-order valence-electron chi connectivity index (χ1n) is 6.51. The van der Waals surface area contributed by atoms with E-state index in [1.165, 1.54) is 30.4 Å². The average Bonchev–Trinajstić information content (AvgIpc) is 2.37. The Morgan fingerprint density at radius 2 is 1.68 bits per heavy atom. The van der Waals surface area contributed by atoms with Crippen LogP contribution in [0.4, 0.5) is 8.78 Å². The average molecular weight is 267 g/mol. The lowest BCUT2D eigenvalue weighted by Crippen LogP contribution is -2.30. The Balaban J connectivity index is 2.82. The molecule has 0 saturated heterocycles. The summed E-state index contributed by atoms with van der Waals surface area (Å²) in [6.07, 6.45) is 4.14.